The molecule has 0 spiro atoms. The molecule has 0 radical (unpaired) electrons. The first-order chi connectivity index (χ1) is 18.4. The van der Waals surface area contributed by atoms with Gasteiger partial charge >= 0.3 is 12.0 Å². The number of H-pyrrole nitrogens is 1. The second-order valence-electron chi connectivity index (χ2n) is 11.8. The Morgan fingerprint density at radius 2 is 1.72 bits per heavy atom. The SMILES string of the molecule is CC(=O)CC1CCC(c2ccc(-c3ccc(-c4nc(C(F)(F)F)[n+](COCC[Si](C)(C)C)[nH]4)cn3)cc2)CC1. The zero-order valence-electron chi connectivity index (χ0n) is 23.1. The minimum absolute atomic E-state index is 0.0888. The molecule has 1 saturated carbocycles. The van der Waals surface area contributed by atoms with Gasteiger partial charge in [-0.05, 0) is 73.2 Å². The van der Waals surface area contributed by atoms with Crippen LogP contribution in [0.1, 0.15) is 56.3 Å². The van der Waals surface area contributed by atoms with Gasteiger partial charge in [0.25, 0.3) is 5.82 Å². The number of nitrogens with one attached hydrogen (secondary N) is 1. The minimum atomic E-state index is -4.61. The molecule has 0 unspecified atom stereocenters. The van der Waals surface area contributed by atoms with Crippen LogP contribution in [-0.2, 0) is 22.4 Å². The van der Waals surface area contributed by atoms with Crippen LogP contribution in [0.4, 0.5) is 13.2 Å². The molecule has 0 amide bonds. The van der Waals surface area contributed by atoms with Gasteiger partial charge < -0.3 is 9.53 Å². The lowest BCUT2D eigenvalue weighted by atomic mass is 9.77. The summed E-state index contributed by atoms with van der Waals surface area (Å²) in [5.41, 5.74) is 3.44. The van der Waals surface area contributed by atoms with Gasteiger partial charge in [0.05, 0.1) is 11.3 Å². The topological polar surface area (TPSA) is 71.8 Å². The number of ether oxygens (including phenoxy) is 1. The van der Waals surface area contributed by atoms with Crippen LogP contribution >= 0.6 is 0 Å². The summed E-state index contributed by atoms with van der Waals surface area (Å²) in [6.07, 6.45) is 1.97. The standard InChI is InChI=1S/C29H37F3N4O2Si/c1-20(37)17-21-5-7-22(8-6-21)23-9-11-24(12-10-23)26-14-13-25(18-33-26)27-34-28(29(30,31)32)36(35-27)19-38-15-16-39(2,3)4/h9-14,18,21-22H,5-8,15-17,19H2,1-4H3/p+1. The lowest BCUT2D eigenvalue weighted by Crippen LogP contribution is -2.44. The average molecular weight is 560 g/mol. The number of aromatic nitrogens is 4. The zero-order chi connectivity index (χ0) is 28.2. The summed E-state index contributed by atoms with van der Waals surface area (Å²) in [6, 6.07) is 12.7. The van der Waals surface area contributed by atoms with Gasteiger partial charge in [-0.1, -0.05) is 43.9 Å². The van der Waals surface area contributed by atoms with Gasteiger partial charge in [0, 0.05) is 32.9 Å². The Hall–Kier alpha value is -2.85. The van der Waals surface area contributed by atoms with Crippen molar-refractivity contribution in [3.8, 4) is 22.6 Å². The predicted octanol–water partition coefficient (Wildman–Crippen LogP) is 7.01. The molecule has 0 aliphatic heterocycles. The van der Waals surface area contributed by atoms with E-state index in [1.807, 2.05) is 12.1 Å². The summed E-state index contributed by atoms with van der Waals surface area (Å²) in [4.78, 5) is 19.7. The number of ketones is 1. The van der Waals surface area contributed by atoms with Crippen LogP contribution < -0.4 is 4.68 Å². The van der Waals surface area contributed by atoms with Gasteiger partial charge in [-0.3, -0.25) is 4.98 Å². The number of alkyl halides is 3. The van der Waals surface area contributed by atoms with Crippen LogP contribution in [0.15, 0.2) is 42.6 Å². The highest BCUT2D eigenvalue weighted by Crippen LogP contribution is 2.37. The van der Waals surface area contributed by atoms with Crippen molar-refractivity contribution < 1.29 is 27.4 Å². The van der Waals surface area contributed by atoms with Gasteiger partial charge in [0.15, 0.2) is 0 Å². The van der Waals surface area contributed by atoms with Crippen molar-refractivity contribution in [1.29, 1.82) is 0 Å². The van der Waals surface area contributed by atoms with Crippen molar-refractivity contribution in [2.75, 3.05) is 6.61 Å². The van der Waals surface area contributed by atoms with E-state index in [2.05, 4.69) is 46.8 Å². The average Bonchev–Trinajstić information content (AvgIpc) is 3.32. The molecule has 1 N–H and O–H groups in total. The highest BCUT2D eigenvalue weighted by Gasteiger charge is 2.46. The summed E-state index contributed by atoms with van der Waals surface area (Å²) >= 11 is 0. The van der Waals surface area contributed by atoms with Gasteiger partial charge in [-0.25, -0.2) is 0 Å². The number of pyridine rings is 1. The number of carbonyl (C=O) groups is 1. The van der Waals surface area contributed by atoms with E-state index in [-0.39, 0.29) is 18.3 Å². The molecule has 6 nitrogen and oxygen atoms in total. The first kappa shape index (κ1) is 29.1. The number of carbonyl (C=O) groups excluding carboxylic acids is 1. The van der Waals surface area contributed by atoms with E-state index in [0.717, 1.165) is 47.7 Å². The summed E-state index contributed by atoms with van der Waals surface area (Å²) in [5, 5.41) is 2.73. The Bertz CT molecular complexity index is 1240. The van der Waals surface area contributed by atoms with Gasteiger partial charge in [-0.15, -0.1) is 4.68 Å². The van der Waals surface area contributed by atoms with Gasteiger partial charge in [0.1, 0.15) is 5.78 Å². The largest absolute Gasteiger partial charge is 0.501 e. The molecular weight excluding hydrogens is 521 g/mol. The smallest absolute Gasteiger partial charge is 0.341 e. The lowest BCUT2D eigenvalue weighted by molar-refractivity contribution is -0.796. The third-order valence-electron chi connectivity index (χ3n) is 7.32. The zero-order valence-corrected chi connectivity index (χ0v) is 24.1. The van der Waals surface area contributed by atoms with Crippen molar-refractivity contribution in [1.82, 2.24) is 15.1 Å². The fourth-order valence-corrected chi connectivity index (χ4v) is 5.84. The number of nitrogens with zero attached hydrogens (tertiary/aromatic N) is 3. The maximum Gasteiger partial charge on any atom is 0.501 e. The quantitative estimate of drug-likeness (QED) is 0.165. The van der Waals surface area contributed by atoms with E-state index < -0.39 is 20.1 Å². The van der Waals surface area contributed by atoms with E-state index in [9.17, 15) is 18.0 Å². The number of benzene rings is 1. The molecule has 4 rings (SSSR count). The van der Waals surface area contributed by atoms with E-state index in [1.54, 1.807) is 19.1 Å². The Kier molecular flexibility index (Phi) is 9.06. The number of halogens is 3. The number of aromatic amines is 1. The predicted molar refractivity (Wildman–Crippen MR) is 147 cm³/mol. The maximum absolute atomic E-state index is 13.6. The Morgan fingerprint density at radius 3 is 2.28 bits per heavy atom. The number of Topliss-reactive ketones (excluding diaryl/α,β-unsaturated/α-hetero) is 1. The van der Waals surface area contributed by atoms with E-state index in [0.29, 0.717) is 30.4 Å². The molecule has 0 saturated heterocycles. The number of hydrogen-bond donors (Lipinski definition) is 1. The van der Waals surface area contributed by atoms with E-state index >= 15 is 0 Å². The molecule has 39 heavy (non-hydrogen) atoms. The fourth-order valence-electron chi connectivity index (χ4n) is 5.08. The molecule has 1 aliphatic rings. The van der Waals surface area contributed by atoms with Crippen molar-refractivity contribution in [3.63, 3.8) is 0 Å². The first-order valence-electron chi connectivity index (χ1n) is 13.6. The molecular formula is C29H38F3N4O2Si+. The van der Waals surface area contributed by atoms with Crippen LogP contribution in [0.25, 0.3) is 22.6 Å². The van der Waals surface area contributed by atoms with E-state index in [1.165, 1.54) is 11.8 Å². The molecule has 10 heteroatoms. The maximum atomic E-state index is 13.6. The first-order valence-corrected chi connectivity index (χ1v) is 17.3. The van der Waals surface area contributed by atoms with Crippen LogP contribution in [-0.4, -0.2) is 35.5 Å². The Balaban J connectivity index is 1.42. The van der Waals surface area contributed by atoms with Crippen molar-refractivity contribution in [2.45, 2.75) is 83.5 Å². The molecule has 1 fully saturated rings. The van der Waals surface area contributed by atoms with Crippen LogP contribution in [0.2, 0.25) is 25.7 Å². The molecule has 0 bridgehead atoms. The lowest BCUT2D eigenvalue weighted by Gasteiger charge is -2.28. The number of rotatable bonds is 10. The van der Waals surface area contributed by atoms with Crippen LogP contribution in [0.5, 0.6) is 0 Å². The van der Waals surface area contributed by atoms with Crippen molar-refractivity contribution in [2.24, 2.45) is 5.92 Å². The molecule has 2 heterocycles. The summed E-state index contributed by atoms with van der Waals surface area (Å²) in [6.45, 7) is 8.39. The Morgan fingerprint density at radius 1 is 1.05 bits per heavy atom. The molecule has 0 atom stereocenters. The molecule has 2 aromatic heterocycles. The van der Waals surface area contributed by atoms with Crippen LogP contribution in [0.3, 0.4) is 0 Å². The highest BCUT2D eigenvalue weighted by atomic mass is 28.3. The van der Waals surface area contributed by atoms with Gasteiger partial charge in [0.2, 0.25) is 6.73 Å². The molecule has 1 aliphatic carbocycles. The van der Waals surface area contributed by atoms with Crippen molar-refractivity contribution >= 4 is 13.9 Å². The van der Waals surface area contributed by atoms with Crippen LogP contribution in [0, 0.1) is 5.92 Å². The third-order valence-corrected chi connectivity index (χ3v) is 9.03. The van der Waals surface area contributed by atoms with Crippen molar-refractivity contribution in [3.05, 3.63) is 54.0 Å². The molecule has 3 aromatic rings. The third kappa shape index (κ3) is 8.08. The summed E-state index contributed by atoms with van der Waals surface area (Å²) in [5.74, 6) is 0.353. The summed E-state index contributed by atoms with van der Waals surface area (Å²) < 4.78 is 47.3. The Labute approximate surface area is 229 Å². The number of hydrogen-bond acceptors (Lipinski definition) is 4. The molecule has 1 aromatic carbocycles. The second kappa shape index (κ2) is 12.1. The molecule has 210 valence electrons. The normalized spacial score (nSPS) is 18.3. The fraction of sp³-hybridized carbons (Fsp3) is 0.517. The monoisotopic (exact) mass is 559 g/mol. The van der Waals surface area contributed by atoms with E-state index in [4.69, 9.17) is 4.74 Å². The minimum Gasteiger partial charge on any atom is -0.341 e. The summed E-state index contributed by atoms with van der Waals surface area (Å²) in [7, 11) is -1.35. The highest BCUT2D eigenvalue weighted by molar-refractivity contribution is 6.76. The second-order valence-corrected chi connectivity index (χ2v) is 17.5. The van der Waals surface area contributed by atoms with Gasteiger partial charge in [-0.2, -0.15) is 18.3 Å².